The van der Waals surface area contributed by atoms with Gasteiger partial charge in [-0.2, -0.15) is 13.2 Å². The van der Waals surface area contributed by atoms with Gasteiger partial charge in [0.15, 0.2) is 0 Å². The molecule has 1 saturated heterocycles. The van der Waals surface area contributed by atoms with Crippen molar-refractivity contribution in [2.45, 2.75) is 25.4 Å². The van der Waals surface area contributed by atoms with Crippen molar-refractivity contribution in [3.63, 3.8) is 0 Å². The van der Waals surface area contributed by atoms with E-state index < -0.39 is 11.7 Å². The van der Waals surface area contributed by atoms with Gasteiger partial charge in [-0.25, -0.2) is 4.79 Å². The maximum atomic E-state index is 12.8. The number of carbonyl (C=O) groups is 1. The Hall–Kier alpha value is -1.76. The molecule has 134 valence electrons. The summed E-state index contributed by atoms with van der Waals surface area (Å²) >= 11 is 0. The van der Waals surface area contributed by atoms with Crippen LogP contribution >= 0.6 is 0 Å². The average molecular weight is 344 g/mol. The number of nitrogens with one attached hydrogen (secondary N) is 1. The van der Waals surface area contributed by atoms with Crippen LogP contribution in [-0.4, -0.2) is 44.3 Å². The highest BCUT2D eigenvalue weighted by molar-refractivity contribution is 5.73. The van der Waals surface area contributed by atoms with E-state index in [4.69, 9.17) is 4.74 Å². The highest BCUT2D eigenvalue weighted by Crippen LogP contribution is 2.31. The molecule has 1 aromatic rings. The zero-order valence-corrected chi connectivity index (χ0v) is 13.9. The van der Waals surface area contributed by atoms with E-state index in [0.29, 0.717) is 24.6 Å². The molecule has 1 N–H and O–H groups in total. The molecule has 0 aliphatic carbocycles. The molecule has 4 nitrogen and oxygen atoms in total. The summed E-state index contributed by atoms with van der Waals surface area (Å²) in [6.07, 6.45) is -3.42. The van der Waals surface area contributed by atoms with Crippen LogP contribution in [0.1, 0.15) is 30.4 Å². The first-order valence-electron chi connectivity index (χ1n) is 8.01. The number of ether oxygens (including phenoxy) is 1. The van der Waals surface area contributed by atoms with Gasteiger partial charge in [-0.1, -0.05) is 25.1 Å². The van der Waals surface area contributed by atoms with Gasteiger partial charge >= 0.3 is 12.2 Å². The molecule has 1 aliphatic rings. The van der Waals surface area contributed by atoms with Crippen LogP contribution in [-0.2, 0) is 10.9 Å². The van der Waals surface area contributed by atoms with E-state index in [-0.39, 0.29) is 18.5 Å². The molecule has 1 heterocycles. The SMILES string of the molecule is CC(CNC(=O)N(C)CC1CCOC1)c1cccc(C(F)(F)F)c1. The average Bonchev–Trinajstić information content (AvgIpc) is 3.04. The van der Waals surface area contributed by atoms with E-state index >= 15 is 0 Å². The fourth-order valence-electron chi connectivity index (χ4n) is 2.71. The molecule has 0 spiro atoms. The predicted molar refractivity (Wildman–Crippen MR) is 84.8 cm³/mol. The molecule has 2 amide bonds. The van der Waals surface area contributed by atoms with Crippen LogP contribution in [0.25, 0.3) is 0 Å². The molecule has 1 fully saturated rings. The third-order valence-electron chi connectivity index (χ3n) is 4.25. The second kappa shape index (κ2) is 7.88. The summed E-state index contributed by atoms with van der Waals surface area (Å²) in [5.41, 5.74) is -0.117. The maximum absolute atomic E-state index is 12.8. The van der Waals surface area contributed by atoms with Gasteiger partial charge in [0.25, 0.3) is 0 Å². The number of alkyl halides is 3. The minimum absolute atomic E-state index is 0.209. The van der Waals surface area contributed by atoms with Gasteiger partial charge in [-0.3, -0.25) is 0 Å². The number of benzene rings is 1. The van der Waals surface area contributed by atoms with Gasteiger partial charge in [0.2, 0.25) is 0 Å². The van der Waals surface area contributed by atoms with Gasteiger partial charge in [-0.15, -0.1) is 0 Å². The molecule has 2 rings (SSSR count). The Morgan fingerprint density at radius 3 is 2.83 bits per heavy atom. The first-order valence-corrected chi connectivity index (χ1v) is 8.01. The lowest BCUT2D eigenvalue weighted by Crippen LogP contribution is -2.41. The van der Waals surface area contributed by atoms with Gasteiger partial charge in [0.1, 0.15) is 0 Å². The number of halogens is 3. The van der Waals surface area contributed by atoms with Crippen molar-refractivity contribution < 1.29 is 22.7 Å². The largest absolute Gasteiger partial charge is 0.416 e. The van der Waals surface area contributed by atoms with Crippen molar-refractivity contribution >= 4 is 6.03 Å². The minimum atomic E-state index is -4.36. The number of nitrogens with zero attached hydrogens (tertiary/aromatic N) is 1. The lowest BCUT2D eigenvalue weighted by molar-refractivity contribution is -0.137. The van der Waals surface area contributed by atoms with E-state index in [0.717, 1.165) is 25.2 Å². The van der Waals surface area contributed by atoms with Crippen molar-refractivity contribution in [2.24, 2.45) is 5.92 Å². The topological polar surface area (TPSA) is 41.6 Å². The van der Waals surface area contributed by atoms with Gasteiger partial charge in [-0.05, 0) is 24.0 Å². The summed E-state index contributed by atoms with van der Waals surface area (Å²) in [7, 11) is 1.71. The van der Waals surface area contributed by atoms with E-state index in [1.807, 2.05) is 0 Å². The molecule has 1 aliphatic heterocycles. The third-order valence-corrected chi connectivity index (χ3v) is 4.25. The summed E-state index contributed by atoms with van der Waals surface area (Å²) in [5, 5.41) is 2.78. The Morgan fingerprint density at radius 2 is 2.21 bits per heavy atom. The van der Waals surface area contributed by atoms with Crippen molar-refractivity contribution in [1.29, 1.82) is 0 Å². The number of rotatable bonds is 5. The Labute approximate surface area is 140 Å². The van der Waals surface area contributed by atoms with Crippen molar-refractivity contribution in [3.05, 3.63) is 35.4 Å². The number of urea groups is 1. The number of amides is 2. The van der Waals surface area contributed by atoms with Gasteiger partial charge in [0, 0.05) is 32.7 Å². The second-order valence-corrected chi connectivity index (χ2v) is 6.32. The fraction of sp³-hybridized carbons (Fsp3) is 0.588. The first kappa shape index (κ1) is 18.6. The van der Waals surface area contributed by atoms with E-state index in [2.05, 4.69) is 5.32 Å². The summed E-state index contributed by atoms with van der Waals surface area (Å²) in [4.78, 5) is 13.7. The summed E-state index contributed by atoms with van der Waals surface area (Å²) in [6.45, 7) is 4.08. The lowest BCUT2D eigenvalue weighted by Gasteiger charge is -2.22. The van der Waals surface area contributed by atoms with Crippen LogP contribution < -0.4 is 5.32 Å². The van der Waals surface area contributed by atoms with Crippen LogP contribution in [0, 0.1) is 5.92 Å². The predicted octanol–water partition coefficient (Wildman–Crippen LogP) is 3.49. The van der Waals surface area contributed by atoms with Crippen LogP contribution in [0.3, 0.4) is 0 Å². The van der Waals surface area contributed by atoms with Crippen LogP contribution in [0.2, 0.25) is 0 Å². The van der Waals surface area contributed by atoms with Crippen LogP contribution in [0.5, 0.6) is 0 Å². The van der Waals surface area contributed by atoms with Crippen molar-refractivity contribution in [1.82, 2.24) is 10.2 Å². The van der Waals surface area contributed by atoms with Crippen LogP contribution in [0.15, 0.2) is 24.3 Å². The molecule has 1 aromatic carbocycles. The van der Waals surface area contributed by atoms with Gasteiger partial charge < -0.3 is 15.0 Å². The quantitative estimate of drug-likeness (QED) is 0.888. The molecule has 0 radical (unpaired) electrons. The molecule has 0 bridgehead atoms. The summed E-state index contributed by atoms with van der Waals surface area (Å²) in [5.74, 6) is 0.140. The zero-order valence-electron chi connectivity index (χ0n) is 13.9. The molecule has 0 aromatic heterocycles. The zero-order chi connectivity index (χ0) is 17.7. The minimum Gasteiger partial charge on any atom is -0.381 e. The highest BCUT2D eigenvalue weighted by Gasteiger charge is 2.30. The Morgan fingerprint density at radius 1 is 1.46 bits per heavy atom. The third kappa shape index (κ3) is 5.12. The monoisotopic (exact) mass is 344 g/mol. The molecule has 2 atom stereocenters. The second-order valence-electron chi connectivity index (χ2n) is 6.32. The maximum Gasteiger partial charge on any atom is 0.416 e. The van der Waals surface area contributed by atoms with Gasteiger partial charge in [0.05, 0.1) is 12.2 Å². The molecular formula is C17H23F3N2O2. The van der Waals surface area contributed by atoms with Crippen LogP contribution in [0.4, 0.5) is 18.0 Å². The number of hydrogen-bond acceptors (Lipinski definition) is 2. The molecule has 0 saturated carbocycles. The number of hydrogen-bond donors (Lipinski definition) is 1. The van der Waals surface area contributed by atoms with Crippen molar-refractivity contribution in [3.8, 4) is 0 Å². The molecule has 7 heteroatoms. The number of carbonyl (C=O) groups excluding carboxylic acids is 1. The van der Waals surface area contributed by atoms with E-state index in [1.54, 1.807) is 24.9 Å². The normalized spacial score (nSPS) is 19.1. The molecule has 24 heavy (non-hydrogen) atoms. The molecule has 2 unspecified atom stereocenters. The Kier molecular flexibility index (Phi) is 6.10. The summed E-state index contributed by atoms with van der Waals surface area (Å²) in [6, 6.07) is 5.00. The summed E-state index contributed by atoms with van der Waals surface area (Å²) < 4.78 is 43.6. The van der Waals surface area contributed by atoms with E-state index in [1.165, 1.54) is 6.07 Å². The Balaban J connectivity index is 1.85. The first-order chi connectivity index (χ1) is 11.3. The Bertz CT molecular complexity index is 557. The smallest absolute Gasteiger partial charge is 0.381 e. The fourth-order valence-corrected chi connectivity index (χ4v) is 2.71. The standard InChI is InChI=1S/C17H23F3N2O2/c1-12(14-4-3-5-15(8-14)17(18,19)20)9-21-16(23)22(2)10-13-6-7-24-11-13/h3-5,8,12-13H,6-7,9-11H2,1-2H3,(H,21,23). The van der Waals surface area contributed by atoms with Crippen molar-refractivity contribution in [2.75, 3.05) is 33.4 Å². The van der Waals surface area contributed by atoms with E-state index in [9.17, 15) is 18.0 Å². The highest BCUT2D eigenvalue weighted by atomic mass is 19.4. The lowest BCUT2D eigenvalue weighted by atomic mass is 9.99. The molecular weight excluding hydrogens is 321 g/mol.